The average Bonchev–Trinajstić information content (AvgIpc) is 2.38. The van der Waals surface area contributed by atoms with E-state index in [1.807, 2.05) is 6.07 Å². The van der Waals surface area contributed by atoms with Crippen molar-refractivity contribution in [1.82, 2.24) is 0 Å². The number of rotatable bonds is 5. The summed E-state index contributed by atoms with van der Waals surface area (Å²) in [6, 6.07) is 8.40. The standard InChI is InChI=1S/C16H25NO/c1-13(2)6-5-9-16(12-17)10-11-18-15-8-4-3-7-14(15)16/h3-4,7-8,13H,5-6,9-12,17H2,1-2H3. The van der Waals surface area contributed by atoms with Crippen molar-refractivity contribution < 1.29 is 4.74 Å². The summed E-state index contributed by atoms with van der Waals surface area (Å²) in [6.45, 7) is 6.10. The molecule has 100 valence electrons. The van der Waals surface area contributed by atoms with Crippen molar-refractivity contribution in [2.75, 3.05) is 13.2 Å². The van der Waals surface area contributed by atoms with E-state index >= 15 is 0 Å². The zero-order valence-electron chi connectivity index (χ0n) is 11.6. The van der Waals surface area contributed by atoms with Crippen LogP contribution in [0.2, 0.25) is 0 Å². The summed E-state index contributed by atoms with van der Waals surface area (Å²) in [6.07, 6.45) is 4.77. The van der Waals surface area contributed by atoms with Crippen molar-refractivity contribution in [1.29, 1.82) is 0 Å². The van der Waals surface area contributed by atoms with E-state index in [1.54, 1.807) is 0 Å². The molecule has 2 heteroatoms. The lowest BCUT2D eigenvalue weighted by Gasteiger charge is -2.38. The van der Waals surface area contributed by atoms with Gasteiger partial charge in [-0.25, -0.2) is 0 Å². The number of hydrogen-bond acceptors (Lipinski definition) is 2. The van der Waals surface area contributed by atoms with Crippen molar-refractivity contribution in [3.8, 4) is 5.75 Å². The highest BCUT2D eigenvalue weighted by Crippen LogP contribution is 2.41. The Hall–Kier alpha value is -1.02. The zero-order chi connectivity index (χ0) is 13.0. The maximum absolute atomic E-state index is 6.11. The van der Waals surface area contributed by atoms with E-state index in [4.69, 9.17) is 10.5 Å². The van der Waals surface area contributed by atoms with Crippen molar-refractivity contribution in [2.24, 2.45) is 11.7 Å². The van der Waals surface area contributed by atoms with Crippen LogP contribution in [0.3, 0.4) is 0 Å². The van der Waals surface area contributed by atoms with Crippen LogP contribution in [0.15, 0.2) is 24.3 Å². The maximum atomic E-state index is 6.11. The van der Waals surface area contributed by atoms with E-state index in [0.717, 1.165) is 31.2 Å². The molecule has 0 radical (unpaired) electrons. The van der Waals surface area contributed by atoms with Gasteiger partial charge in [0.1, 0.15) is 5.75 Å². The highest BCUT2D eigenvalue weighted by Gasteiger charge is 2.35. The molecule has 0 aromatic heterocycles. The summed E-state index contributed by atoms with van der Waals surface area (Å²) >= 11 is 0. The SMILES string of the molecule is CC(C)CCCC1(CN)CCOc2ccccc21. The van der Waals surface area contributed by atoms with Crippen LogP contribution in [0.5, 0.6) is 5.75 Å². The second kappa shape index (κ2) is 5.75. The molecule has 0 spiro atoms. The molecule has 0 saturated heterocycles. The minimum Gasteiger partial charge on any atom is -0.493 e. The fourth-order valence-corrected chi connectivity index (χ4v) is 2.94. The lowest BCUT2D eigenvalue weighted by Crippen LogP contribution is -2.39. The molecule has 1 atom stereocenters. The fraction of sp³-hybridized carbons (Fsp3) is 0.625. The highest BCUT2D eigenvalue weighted by molar-refractivity contribution is 5.41. The number of benzene rings is 1. The monoisotopic (exact) mass is 247 g/mol. The molecule has 0 saturated carbocycles. The van der Waals surface area contributed by atoms with E-state index in [-0.39, 0.29) is 5.41 Å². The number of fused-ring (bicyclic) bond motifs is 1. The Kier molecular flexibility index (Phi) is 4.28. The molecule has 0 amide bonds. The van der Waals surface area contributed by atoms with Gasteiger partial charge in [0.25, 0.3) is 0 Å². The van der Waals surface area contributed by atoms with Gasteiger partial charge in [-0.3, -0.25) is 0 Å². The molecular weight excluding hydrogens is 222 g/mol. The third-order valence-corrected chi connectivity index (χ3v) is 4.12. The van der Waals surface area contributed by atoms with Crippen LogP contribution in [-0.4, -0.2) is 13.2 Å². The first kappa shape index (κ1) is 13.4. The number of para-hydroxylation sites is 1. The van der Waals surface area contributed by atoms with Crippen molar-refractivity contribution in [3.63, 3.8) is 0 Å². The van der Waals surface area contributed by atoms with Crippen LogP contribution in [0.25, 0.3) is 0 Å². The van der Waals surface area contributed by atoms with Crippen molar-refractivity contribution in [3.05, 3.63) is 29.8 Å². The quantitative estimate of drug-likeness (QED) is 0.864. The van der Waals surface area contributed by atoms with E-state index in [1.165, 1.54) is 24.8 Å². The van der Waals surface area contributed by atoms with Gasteiger partial charge in [0.2, 0.25) is 0 Å². The van der Waals surface area contributed by atoms with Gasteiger partial charge in [-0.1, -0.05) is 44.9 Å². The average molecular weight is 247 g/mol. The predicted octanol–water partition coefficient (Wildman–Crippen LogP) is 3.49. The van der Waals surface area contributed by atoms with Crippen LogP contribution in [0.4, 0.5) is 0 Å². The van der Waals surface area contributed by atoms with Gasteiger partial charge in [-0.2, -0.15) is 0 Å². The normalized spacial score (nSPS) is 22.7. The molecule has 2 rings (SSSR count). The van der Waals surface area contributed by atoms with Gasteiger partial charge in [-0.15, -0.1) is 0 Å². The Bertz CT molecular complexity index is 388. The first-order valence-corrected chi connectivity index (χ1v) is 7.10. The Labute approximate surface area is 111 Å². The van der Waals surface area contributed by atoms with Gasteiger partial charge < -0.3 is 10.5 Å². The lowest BCUT2D eigenvalue weighted by molar-refractivity contribution is 0.204. The third kappa shape index (κ3) is 2.69. The molecule has 1 heterocycles. The van der Waals surface area contributed by atoms with E-state index in [0.29, 0.717) is 0 Å². The highest BCUT2D eigenvalue weighted by atomic mass is 16.5. The Morgan fingerprint density at radius 3 is 2.83 bits per heavy atom. The summed E-state index contributed by atoms with van der Waals surface area (Å²) in [7, 11) is 0. The zero-order valence-corrected chi connectivity index (χ0v) is 11.6. The first-order chi connectivity index (χ1) is 8.68. The molecule has 2 N–H and O–H groups in total. The first-order valence-electron chi connectivity index (χ1n) is 7.10. The Morgan fingerprint density at radius 2 is 2.11 bits per heavy atom. The second-order valence-electron chi connectivity index (χ2n) is 5.87. The van der Waals surface area contributed by atoms with Gasteiger partial charge in [0.15, 0.2) is 0 Å². The largest absolute Gasteiger partial charge is 0.493 e. The molecular formula is C16H25NO. The van der Waals surface area contributed by atoms with E-state index in [9.17, 15) is 0 Å². The summed E-state index contributed by atoms with van der Waals surface area (Å²) in [4.78, 5) is 0. The molecule has 1 aliphatic rings. The van der Waals surface area contributed by atoms with Gasteiger partial charge >= 0.3 is 0 Å². The van der Waals surface area contributed by atoms with Gasteiger partial charge in [0.05, 0.1) is 6.61 Å². The van der Waals surface area contributed by atoms with Gasteiger partial charge in [0, 0.05) is 17.5 Å². The fourth-order valence-electron chi connectivity index (χ4n) is 2.94. The number of ether oxygens (including phenoxy) is 1. The number of hydrogen-bond donors (Lipinski definition) is 1. The van der Waals surface area contributed by atoms with E-state index in [2.05, 4.69) is 32.0 Å². The number of nitrogens with two attached hydrogens (primary N) is 1. The molecule has 2 nitrogen and oxygen atoms in total. The summed E-state index contributed by atoms with van der Waals surface area (Å²) in [5.41, 5.74) is 7.58. The topological polar surface area (TPSA) is 35.2 Å². The maximum Gasteiger partial charge on any atom is 0.123 e. The molecule has 0 fully saturated rings. The molecule has 1 aromatic rings. The Morgan fingerprint density at radius 1 is 1.33 bits per heavy atom. The summed E-state index contributed by atoms with van der Waals surface area (Å²) in [5, 5.41) is 0. The van der Waals surface area contributed by atoms with Crippen LogP contribution in [-0.2, 0) is 5.41 Å². The van der Waals surface area contributed by atoms with Crippen LogP contribution < -0.4 is 10.5 Å². The molecule has 18 heavy (non-hydrogen) atoms. The molecule has 0 bridgehead atoms. The van der Waals surface area contributed by atoms with Crippen LogP contribution in [0.1, 0.15) is 45.1 Å². The molecule has 1 aliphatic heterocycles. The minimum atomic E-state index is 0.143. The van der Waals surface area contributed by atoms with Crippen molar-refractivity contribution >= 4 is 0 Å². The van der Waals surface area contributed by atoms with Crippen molar-refractivity contribution in [2.45, 2.75) is 44.9 Å². The van der Waals surface area contributed by atoms with Crippen LogP contribution >= 0.6 is 0 Å². The van der Waals surface area contributed by atoms with Gasteiger partial charge in [-0.05, 0) is 24.8 Å². The third-order valence-electron chi connectivity index (χ3n) is 4.12. The summed E-state index contributed by atoms with van der Waals surface area (Å²) < 4.78 is 5.75. The van der Waals surface area contributed by atoms with Crippen LogP contribution in [0, 0.1) is 5.92 Å². The van der Waals surface area contributed by atoms with E-state index < -0.39 is 0 Å². The molecule has 1 unspecified atom stereocenters. The Balaban J connectivity index is 2.17. The molecule has 0 aliphatic carbocycles. The predicted molar refractivity (Wildman–Crippen MR) is 76.0 cm³/mol. The summed E-state index contributed by atoms with van der Waals surface area (Å²) in [5.74, 6) is 1.81. The lowest BCUT2D eigenvalue weighted by atomic mass is 9.72. The minimum absolute atomic E-state index is 0.143. The molecule has 1 aromatic carbocycles. The second-order valence-corrected chi connectivity index (χ2v) is 5.87. The smallest absolute Gasteiger partial charge is 0.123 e.